The molecule has 1 aromatic heterocycles. The fraction of sp³-hybridized carbons (Fsp3) is 0.267. The number of hydrogen-bond donors (Lipinski definition) is 2. The lowest BCUT2D eigenvalue weighted by Gasteiger charge is -2.08. The van der Waals surface area contributed by atoms with Gasteiger partial charge in [-0.05, 0) is 24.6 Å². The Morgan fingerprint density at radius 2 is 1.96 bits per heavy atom. The van der Waals surface area contributed by atoms with Crippen molar-refractivity contribution in [1.82, 2.24) is 9.78 Å². The molecule has 2 aromatic rings. The fourth-order valence-corrected chi connectivity index (χ4v) is 2.73. The quantitative estimate of drug-likeness (QED) is 0.817. The van der Waals surface area contributed by atoms with Crippen molar-refractivity contribution in [3.8, 4) is 0 Å². The smallest absolute Gasteiger partial charge is 0.335 e. The van der Waals surface area contributed by atoms with Crippen LogP contribution in [0.5, 0.6) is 0 Å². The minimum absolute atomic E-state index is 0.0866. The third-order valence-corrected chi connectivity index (χ3v) is 4.28. The van der Waals surface area contributed by atoms with Gasteiger partial charge in [-0.15, -0.1) is 0 Å². The summed E-state index contributed by atoms with van der Waals surface area (Å²) < 4.78 is 25.0. The molecule has 8 nitrogen and oxygen atoms in total. The van der Waals surface area contributed by atoms with E-state index in [-0.39, 0.29) is 16.1 Å². The monoisotopic (exact) mass is 351 g/mol. The molecule has 0 aliphatic rings. The number of carbonyl (C=O) groups excluding carboxylic acids is 1. The summed E-state index contributed by atoms with van der Waals surface area (Å²) in [5, 5.41) is 15.6. The molecule has 2 N–H and O–H groups in total. The number of carboxylic acid groups (broad SMARTS) is 1. The van der Waals surface area contributed by atoms with Crippen LogP contribution in [0.3, 0.4) is 0 Å². The standard InChI is InChI=1S/C15H17N3O5S/c1-3-4-18-9-11(8-16-18)14(19)17-12-5-10(15(20)21)6-13(7-12)24(2,22)23/h5-9H,3-4H2,1-2H3,(H,17,19)(H,20,21). The zero-order valence-electron chi connectivity index (χ0n) is 13.2. The molecule has 0 aliphatic heterocycles. The lowest BCUT2D eigenvalue weighted by molar-refractivity contribution is 0.0696. The predicted molar refractivity (Wildman–Crippen MR) is 87.0 cm³/mol. The summed E-state index contributed by atoms with van der Waals surface area (Å²) in [4.78, 5) is 23.2. The maximum absolute atomic E-state index is 12.2. The van der Waals surface area contributed by atoms with Gasteiger partial charge in [0.25, 0.3) is 5.91 Å². The highest BCUT2D eigenvalue weighted by Gasteiger charge is 2.16. The van der Waals surface area contributed by atoms with Crippen LogP contribution in [0.1, 0.15) is 34.1 Å². The van der Waals surface area contributed by atoms with Crippen molar-refractivity contribution < 1.29 is 23.1 Å². The topological polar surface area (TPSA) is 118 Å². The van der Waals surface area contributed by atoms with Crippen LogP contribution in [0.4, 0.5) is 5.69 Å². The van der Waals surface area contributed by atoms with Crippen LogP contribution in [0, 0.1) is 0 Å². The minimum Gasteiger partial charge on any atom is -0.478 e. The van der Waals surface area contributed by atoms with E-state index in [1.54, 1.807) is 10.9 Å². The zero-order valence-corrected chi connectivity index (χ0v) is 14.0. The zero-order chi connectivity index (χ0) is 17.9. The number of aromatic carboxylic acids is 1. The second kappa shape index (κ2) is 6.83. The molecule has 0 atom stereocenters. The number of sulfone groups is 1. The first-order valence-corrected chi connectivity index (χ1v) is 9.02. The number of nitrogens with zero attached hydrogens (tertiary/aromatic N) is 2. The number of carboxylic acids is 1. The third kappa shape index (κ3) is 4.19. The van der Waals surface area contributed by atoms with Gasteiger partial charge in [-0.2, -0.15) is 5.10 Å². The summed E-state index contributed by atoms with van der Waals surface area (Å²) in [7, 11) is -3.62. The number of aryl methyl sites for hydroxylation is 1. The van der Waals surface area contributed by atoms with E-state index in [0.717, 1.165) is 18.7 Å². The average molecular weight is 351 g/mol. The summed E-state index contributed by atoms with van der Waals surface area (Å²) in [5.74, 6) is -1.79. The lowest BCUT2D eigenvalue weighted by Crippen LogP contribution is -2.13. The fourth-order valence-electron chi connectivity index (χ4n) is 2.04. The van der Waals surface area contributed by atoms with Crippen LogP contribution < -0.4 is 5.32 Å². The van der Waals surface area contributed by atoms with Crippen LogP contribution in [-0.4, -0.2) is 41.4 Å². The van der Waals surface area contributed by atoms with Crippen LogP contribution in [0.25, 0.3) is 0 Å². The maximum Gasteiger partial charge on any atom is 0.335 e. The summed E-state index contributed by atoms with van der Waals surface area (Å²) in [6.45, 7) is 2.64. The summed E-state index contributed by atoms with van der Waals surface area (Å²) in [6, 6.07) is 3.47. The van der Waals surface area contributed by atoms with Crippen LogP contribution in [0.2, 0.25) is 0 Å². The Bertz CT molecular complexity index is 886. The Balaban J connectivity index is 2.32. The maximum atomic E-state index is 12.2. The summed E-state index contributed by atoms with van der Waals surface area (Å²) >= 11 is 0. The highest BCUT2D eigenvalue weighted by atomic mass is 32.2. The van der Waals surface area contributed by atoms with E-state index in [2.05, 4.69) is 10.4 Å². The van der Waals surface area contributed by atoms with Gasteiger partial charge in [0.05, 0.1) is 22.2 Å². The van der Waals surface area contributed by atoms with Crippen molar-refractivity contribution in [1.29, 1.82) is 0 Å². The molecule has 1 aromatic carbocycles. The van der Waals surface area contributed by atoms with E-state index in [1.807, 2.05) is 6.92 Å². The Kier molecular flexibility index (Phi) is 5.03. The third-order valence-electron chi connectivity index (χ3n) is 3.19. The highest BCUT2D eigenvalue weighted by Crippen LogP contribution is 2.20. The molecule has 24 heavy (non-hydrogen) atoms. The van der Waals surface area contributed by atoms with Gasteiger partial charge in [-0.1, -0.05) is 6.92 Å². The van der Waals surface area contributed by atoms with E-state index < -0.39 is 21.7 Å². The lowest BCUT2D eigenvalue weighted by atomic mass is 10.2. The molecule has 0 saturated heterocycles. The van der Waals surface area contributed by atoms with Gasteiger partial charge in [-0.25, -0.2) is 13.2 Å². The van der Waals surface area contributed by atoms with Gasteiger partial charge in [0.2, 0.25) is 0 Å². The van der Waals surface area contributed by atoms with Crippen molar-refractivity contribution >= 4 is 27.4 Å². The van der Waals surface area contributed by atoms with Crippen molar-refractivity contribution in [2.45, 2.75) is 24.8 Å². The number of amides is 1. The predicted octanol–water partition coefficient (Wildman–Crippen LogP) is 1.65. The number of carbonyl (C=O) groups is 2. The average Bonchev–Trinajstić information content (AvgIpc) is 2.95. The molecule has 128 valence electrons. The van der Waals surface area contributed by atoms with E-state index in [4.69, 9.17) is 5.11 Å². The van der Waals surface area contributed by atoms with Gasteiger partial charge in [-0.3, -0.25) is 9.48 Å². The van der Waals surface area contributed by atoms with Crippen LogP contribution in [0.15, 0.2) is 35.5 Å². The second-order valence-corrected chi connectivity index (χ2v) is 7.29. The highest BCUT2D eigenvalue weighted by molar-refractivity contribution is 7.90. The number of rotatable bonds is 6. The van der Waals surface area contributed by atoms with Crippen LogP contribution in [-0.2, 0) is 16.4 Å². The number of anilines is 1. The Labute approximate surface area is 139 Å². The molecule has 0 unspecified atom stereocenters. The normalized spacial score (nSPS) is 11.2. The van der Waals surface area contributed by atoms with Crippen molar-refractivity contribution in [2.24, 2.45) is 0 Å². The van der Waals surface area contributed by atoms with Gasteiger partial charge < -0.3 is 10.4 Å². The molecule has 0 bridgehead atoms. The molecule has 0 fully saturated rings. The number of aromatic nitrogens is 2. The molecular weight excluding hydrogens is 334 g/mol. The Morgan fingerprint density at radius 3 is 2.54 bits per heavy atom. The SMILES string of the molecule is CCCn1cc(C(=O)Nc2cc(C(=O)O)cc(S(C)(=O)=O)c2)cn1. The second-order valence-electron chi connectivity index (χ2n) is 5.27. The summed E-state index contributed by atoms with van der Waals surface area (Å²) in [6.07, 6.45) is 4.79. The number of hydrogen-bond acceptors (Lipinski definition) is 5. The first-order chi connectivity index (χ1) is 11.2. The van der Waals surface area contributed by atoms with E-state index in [0.29, 0.717) is 12.1 Å². The van der Waals surface area contributed by atoms with E-state index in [9.17, 15) is 18.0 Å². The van der Waals surface area contributed by atoms with Crippen molar-refractivity contribution in [3.63, 3.8) is 0 Å². The van der Waals surface area contributed by atoms with Gasteiger partial charge in [0.1, 0.15) is 0 Å². The molecule has 0 spiro atoms. The van der Waals surface area contributed by atoms with E-state index >= 15 is 0 Å². The van der Waals surface area contributed by atoms with Gasteiger partial charge >= 0.3 is 5.97 Å². The Hall–Kier alpha value is -2.68. The summed E-state index contributed by atoms with van der Waals surface area (Å²) in [5.41, 5.74) is 0.156. The molecule has 2 rings (SSSR count). The molecule has 1 amide bonds. The number of benzene rings is 1. The number of nitrogens with one attached hydrogen (secondary N) is 1. The molecule has 0 radical (unpaired) electrons. The largest absolute Gasteiger partial charge is 0.478 e. The minimum atomic E-state index is -3.62. The van der Waals surface area contributed by atoms with E-state index in [1.165, 1.54) is 18.3 Å². The van der Waals surface area contributed by atoms with Gasteiger partial charge in [0.15, 0.2) is 9.84 Å². The van der Waals surface area contributed by atoms with Gasteiger partial charge in [0, 0.05) is 24.7 Å². The Morgan fingerprint density at radius 1 is 1.25 bits per heavy atom. The first-order valence-electron chi connectivity index (χ1n) is 7.13. The molecule has 0 saturated carbocycles. The molecule has 9 heteroatoms. The molecule has 1 heterocycles. The molecule has 0 aliphatic carbocycles. The van der Waals surface area contributed by atoms with Crippen molar-refractivity contribution in [2.75, 3.05) is 11.6 Å². The van der Waals surface area contributed by atoms with Crippen molar-refractivity contribution in [3.05, 3.63) is 41.7 Å². The first kappa shape index (κ1) is 17.7. The molecular formula is C15H17N3O5S. The van der Waals surface area contributed by atoms with Crippen LogP contribution >= 0.6 is 0 Å².